The average Bonchev–Trinajstić information content (AvgIpc) is 2.35. The number of nitrogens with one attached hydrogen (secondary N) is 1. The van der Waals surface area contributed by atoms with E-state index >= 15 is 0 Å². The maximum atomic E-state index is 5.87. The minimum atomic E-state index is 0.157. The molecule has 0 bridgehead atoms. The largest absolute Gasteiger partial charge is 0.383 e. The second-order valence-electron chi connectivity index (χ2n) is 6.08. The maximum Gasteiger partial charge on any atom is 0.139 e. The Balaban J connectivity index is 2.27. The maximum absolute atomic E-state index is 5.87. The van der Waals surface area contributed by atoms with Gasteiger partial charge >= 0.3 is 0 Å². The zero-order valence-corrected chi connectivity index (χ0v) is 12.8. The van der Waals surface area contributed by atoms with Crippen molar-refractivity contribution in [3.8, 4) is 0 Å². The van der Waals surface area contributed by atoms with Gasteiger partial charge in [0.25, 0.3) is 0 Å². The number of rotatable bonds is 2. The van der Waals surface area contributed by atoms with Crippen LogP contribution in [0.1, 0.15) is 37.7 Å². The first kappa shape index (κ1) is 14.3. The van der Waals surface area contributed by atoms with Gasteiger partial charge in [-0.25, -0.2) is 9.97 Å². The van der Waals surface area contributed by atoms with Crippen LogP contribution in [0.25, 0.3) is 0 Å². The van der Waals surface area contributed by atoms with Gasteiger partial charge in [0.2, 0.25) is 0 Å². The molecule has 0 spiro atoms. The number of aromatic nitrogens is 2. The number of nitrogens with zero attached hydrogens (tertiary/aromatic N) is 2. The number of benzene rings is 1. The first-order valence-corrected chi connectivity index (χ1v) is 6.75. The van der Waals surface area contributed by atoms with Crippen molar-refractivity contribution in [1.82, 2.24) is 9.97 Å². The number of aryl methyl sites for hydroxylation is 1. The smallest absolute Gasteiger partial charge is 0.139 e. The predicted octanol–water partition coefficient (Wildman–Crippen LogP) is 3.72. The van der Waals surface area contributed by atoms with E-state index in [0.717, 1.165) is 17.1 Å². The lowest BCUT2D eigenvalue weighted by Gasteiger charge is -2.19. The third-order valence-corrected chi connectivity index (χ3v) is 3.31. The van der Waals surface area contributed by atoms with Crippen LogP contribution in [0.4, 0.5) is 17.3 Å². The van der Waals surface area contributed by atoms with Crippen molar-refractivity contribution in [2.45, 2.75) is 40.0 Å². The van der Waals surface area contributed by atoms with Crippen LogP contribution in [0.2, 0.25) is 0 Å². The molecule has 0 atom stereocenters. The lowest BCUT2D eigenvalue weighted by molar-refractivity contribution is 0.590. The lowest BCUT2D eigenvalue weighted by atomic mass is 9.87. The SMILES string of the molecule is Cc1nc(N)c(C)c(Nc2ccc(C(C)(C)C)cc2)n1. The van der Waals surface area contributed by atoms with E-state index in [-0.39, 0.29) is 5.41 Å². The first-order chi connectivity index (χ1) is 9.27. The van der Waals surface area contributed by atoms with Crippen LogP contribution < -0.4 is 11.1 Å². The third-order valence-electron chi connectivity index (χ3n) is 3.31. The van der Waals surface area contributed by atoms with Gasteiger partial charge in [-0.2, -0.15) is 0 Å². The number of nitrogens with two attached hydrogens (primary N) is 1. The summed E-state index contributed by atoms with van der Waals surface area (Å²) in [6, 6.07) is 8.39. The van der Waals surface area contributed by atoms with Gasteiger partial charge in [-0.05, 0) is 37.0 Å². The van der Waals surface area contributed by atoms with Gasteiger partial charge in [0, 0.05) is 11.3 Å². The van der Waals surface area contributed by atoms with E-state index in [2.05, 4.69) is 60.3 Å². The van der Waals surface area contributed by atoms with E-state index in [1.807, 2.05) is 13.8 Å². The highest BCUT2D eigenvalue weighted by atomic mass is 15.1. The molecule has 0 saturated carbocycles. The van der Waals surface area contributed by atoms with E-state index in [4.69, 9.17) is 5.73 Å². The Labute approximate surface area is 120 Å². The van der Waals surface area contributed by atoms with Crippen molar-refractivity contribution < 1.29 is 0 Å². The summed E-state index contributed by atoms with van der Waals surface area (Å²) in [6.07, 6.45) is 0. The highest BCUT2D eigenvalue weighted by Gasteiger charge is 2.13. The Bertz CT molecular complexity index is 610. The van der Waals surface area contributed by atoms with E-state index in [9.17, 15) is 0 Å². The molecular weight excluding hydrogens is 248 g/mol. The Hall–Kier alpha value is -2.10. The number of hydrogen-bond acceptors (Lipinski definition) is 4. The average molecular weight is 270 g/mol. The Morgan fingerprint density at radius 1 is 1.00 bits per heavy atom. The molecule has 0 radical (unpaired) electrons. The molecular formula is C16H22N4. The fourth-order valence-corrected chi connectivity index (χ4v) is 1.96. The zero-order valence-electron chi connectivity index (χ0n) is 12.8. The summed E-state index contributed by atoms with van der Waals surface area (Å²) < 4.78 is 0. The number of nitrogen functional groups attached to an aromatic ring is 1. The van der Waals surface area contributed by atoms with Crippen molar-refractivity contribution in [2.75, 3.05) is 11.1 Å². The quantitative estimate of drug-likeness (QED) is 0.873. The monoisotopic (exact) mass is 270 g/mol. The second-order valence-corrected chi connectivity index (χ2v) is 6.08. The summed E-state index contributed by atoms with van der Waals surface area (Å²) in [7, 11) is 0. The molecule has 0 amide bonds. The molecule has 3 N–H and O–H groups in total. The van der Waals surface area contributed by atoms with Crippen molar-refractivity contribution in [3.63, 3.8) is 0 Å². The molecule has 0 aliphatic carbocycles. The molecule has 2 aromatic rings. The molecule has 0 aliphatic rings. The molecule has 2 rings (SSSR count). The van der Waals surface area contributed by atoms with Crippen molar-refractivity contribution in [2.24, 2.45) is 0 Å². The van der Waals surface area contributed by atoms with Gasteiger partial charge < -0.3 is 11.1 Å². The molecule has 106 valence electrons. The lowest BCUT2D eigenvalue weighted by Crippen LogP contribution is -2.10. The Morgan fingerprint density at radius 2 is 1.60 bits per heavy atom. The molecule has 1 heterocycles. The van der Waals surface area contributed by atoms with E-state index in [1.165, 1.54) is 5.56 Å². The van der Waals surface area contributed by atoms with Crippen LogP contribution in [-0.2, 0) is 5.41 Å². The number of anilines is 3. The Morgan fingerprint density at radius 3 is 2.15 bits per heavy atom. The van der Waals surface area contributed by atoms with Gasteiger partial charge in [-0.3, -0.25) is 0 Å². The molecule has 4 heteroatoms. The predicted molar refractivity (Wildman–Crippen MR) is 84.3 cm³/mol. The van der Waals surface area contributed by atoms with E-state index in [1.54, 1.807) is 0 Å². The highest BCUT2D eigenvalue weighted by Crippen LogP contribution is 2.26. The standard InChI is InChI=1S/C16H22N4/c1-10-14(17)18-11(2)19-15(10)20-13-8-6-12(7-9-13)16(3,4)5/h6-9H,1-5H3,(H3,17,18,19,20). The van der Waals surface area contributed by atoms with Gasteiger partial charge in [0.15, 0.2) is 0 Å². The van der Waals surface area contributed by atoms with Gasteiger partial charge in [-0.1, -0.05) is 32.9 Å². The van der Waals surface area contributed by atoms with Gasteiger partial charge in [-0.15, -0.1) is 0 Å². The number of hydrogen-bond donors (Lipinski definition) is 2. The van der Waals surface area contributed by atoms with Crippen LogP contribution in [0.15, 0.2) is 24.3 Å². The second kappa shape index (κ2) is 5.12. The highest BCUT2D eigenvalue weighted by molar-refractivity contribution is 5.63. The molecule has 0 unspecified atom stereocenters. The summed E-state index contributed by atoms with van der Waals surface area (Å²) in [4.78, 5) is 8.55. The fourth-order valence-electron chi connectivity index (χ4n) is 1.96. The summed E-state index contributed by atoms with van der Waals surface area (Å²) in [5.74, 6) is 1.95. The summed E-state index contributed by atoms with van der Waals surface area (Å²) in [5.41, 5.74) is 9.20. The molecule has 20 heavy (non-hydrogen) atoms. The van der Waals surface area contributed by atoms with Crippen molar-refractivity contribution in [3.05, 3.63) is 41.2 Å². The minimum Gasteiger partial charge on any atom is -0.383 e. The summed E-state index contributed by atoms with van der Waals surface area (Å²) in [6.45, 7) is 10.4. The van der Waals surface area contributed by atoms with Gasteiger partial charge in [0.1, 0.15) is 17.5 Å². The molecule has 1 aromatic carbocycles. The van der Waals surface area contributed by atoms with Crippen LogP contribution in [-0.4, -0.2) is 9.97 Å². The summed E-state index contributed by atoms with van der Waals surface area (Å²) in [5, 5.41) is 3.30. The zero-order chi connectivity index (χ0) is 14.9. The summed E-state index contributed by atoms with van der Waals surface area (Å²) >= 11 is 0. The molecule has 0 saturated heterocycles. The Kier molecular flexibility index (Phi) is 3.66. The fraction of sp³-hybridized carbons (Fsp3) is 0.375. The van der Waals surface area contributed by atoms with Crippen LogP contribution in [0, 0.1) is 13.8 Å². The molecule has 0 fully saturated rings. The molecule has 4 nitrogen and oxygen atoms in total. The van der Waals surface area contributed by atoms with Crippen LogP contribution in [0.5, 0.6) is 0 Å². The third kappa shape index (κ3) is 3.07. The van der Waals surface area contributed by atoms with Crippen molar-refractivity contribution >= 4 is 17.3 Å². The first-order valence-electron chi connectivity index (χ1n) is 6.75. The molecule has 0 aliphatic heterocycles. The van der Waals surface area contributed by atoms with Crippen LogP contribution in [0.3, 0.4) is 0 Å². The van der Waals surface area contributed by atoms with E-state index < -0.39 is 0 Å². The van der Waals surface area contributed by atoms with E-state index in [0.29, 0.717) is 11.6 Å². The molecule has 1 aromatic heterocycles. The normalized spacial score (nSPS) is 11.4. The van der Waals surface area contributed by atoms with Crippen molar-refractivity contribution in [1.29, 1.82) is 0 Å². The minimum absolute atomic E-state index is 0.157. The topological polar surface area (TPSA) is 63.8 Å². The van der Waals surface area contributed by atoms with Gasteiger partial charge in [0.05, 0.1) is 0 Å². The van der Waals surface area contributed by atoms with Crippen LogP contribution >= 0.6 is 0 Å².